The summed E-state index contributed by atoms with van der Waals surface area (Å²) in [7, 11) is 3.78. The van der Waals surface area contributed by atoms with Crippen LogP contribution in [0, 0.1) is 0 Å². The first kappa shape index (κ1) is 6.96. The second kappa shape index (κ2) is 2.13. The standard InChI is InChI=1S/C6H10N6/c1-10(2)12-6-5(7)8-3-11(6)4-9-12/h3-4H,7H2,1-2H3. The molecule has 0 unspecified atom stereocenters. The normalized spacial score (nSPS) is 10.8. The highest BCUT2D eigenvalue weighted by Gasteiger charge is 2.07. The summed E-state index contributed by atoms with van der Waals surface area (Å²) in [4.78, 5) is 5.63. The topological polar surface area (TPSA) is 64.4 Å². The zero-order chi connectivity index (χ0) is 8.72. The Kier molecular flexibility index (Phi) is 1.24. The first-order valence-corrected chi connectivity index (χ1v) is 3.54. The predicted molar refractivity (Wildman–Crippen MR) is 45.5 cm³/mol. The summed E-state index contributed by atoms with van der Waals surface area (Å²) >= 11 is 0. The molecule has 0 fully saturated rings. The van der Waals surface area contributed by atoms with Gasteiger partial charge in [0.25, 0.3) is 0 Å². The van der Waals surface area contributed by atoms with Crippen molar-refractivity contribution in [1.82, 2.24) is 19.3 Å². The Morgan fingerprint density at radius 3 is 2.83 bits per heavy atom. The van der Waals surface area contributed by atoms with Gasteiger partial charge in [0, 0.05) is 14.1 Å². The second-order valence-electron chi connectivity index (χ2n) is 2.73. The number of aromatic nitrogens is 4. The molecule has 12 heavy (non-hydrogen) atoms. The first-order valence-electron chi connectivity index (χ1n) is 3.54. The highest BCUT2D eigenvalue weighted by atomic mass is 15.7. The first-order chi connectivity index (χ1) is 5.70. The maximum absolute atomic E-state index is 5.64. The van der Waals surface area contributed by atoms with Gasteiger partial charge in [-0.1, -0.05) is 0 Å². The van der Waals surface area contributed by atoms with E-state index in [1.165, 1.54) is 0 Å². The monoisotopic (exact) mass is 166 g/mol. The molecule has 0 saturated carbocycles. The molecule has 0 aliphatic carbocycles. The van der Waals surface area contributed by atoms with Crippen LogP contribution in [-0.2, 0) is 0 Å². The molecular formula is C6H10N6. The van der Waals surface area contributed by atoms with E-state index >= 15 is 0 Å². The Bertz CT molecular complexity index is 397. The molecule has 2 aromatic rings. The molecule has 2 rings (SSSR count). The zero-order valence-corrected chi connectivity index (χ0v) is 6.97. The number of anilines is 1. The van der Waals surface area contributed by atoms with Gasteiger partial charge in [-0.3, -0.25) is 4.40 Å². The number of hydrogen-bond donors (Lipinski definition) is 1. The molecule has 0 radical (unpaired) electrons. The molecule has 2 aromatic heterocycles. The molecule has 2 heterocycles. The van der Waals surface area contributed by atoms with Crippen LogP contribution >= 0.6 is 0 Å². The maximum atomic E-state index is 5.64. The Morgan fingerprint density at radius 2 is 2.17 bits per heavy atom. The van der Waals surface area contributed by atoms with E-state index in [4.69, 9.17) is 5.73 Å². The molecule has 6 heteroatoms. The van der Waals surface area contributed by atoms with Crippen molar-refractivity contribution in [3.05, 3.63) is 12.7 Å². The van der Waals surface area contributed by atoms with E-state index in [0.29, 0.717) is 5.82 Å². The molecule has 6 nitrogen and oxygen atoms in total. The van der Waals surface area contributed by atoms with Crippen molar-refractivity contribution in [3.63, 3.8) is 0 Å². The molecule has 0 saturated heterocycles. The molecule has 0 bridgehead atoms. The van der Waals surface area contributed by atoms with Crippen LogP contribution in [0.25, 0.3) is 5.65 Å². The number of imidazole rings is 1. The number of rotatable bonds is 1. The van der Waals surface area contributed by atoms with Gasteiger partial charge < -0.3 is 10.7 Å². The number of hydrogen-bond acceptors (Lipinski definition) is 4. The summed E-state index contributed by atoms with van der Waals surface area (Å²) in [6, 6.07) is 0. The molecule has 0 spiro atoms. The van der Waals surface area contributed by atoms with Crippen molar-refractivity contribution in [3.8, 4) is 0 Å². The van der Waals surface area contributed by atoms with Gasteiger partial charge >= 0.3 is 0 Å². The zero-order valence-electron chi connectivity index (χ0n) is 6.97. The van der Waals surface area contributed by atoms with Crippen molar-refractivity contribution >= 4 is 11.5 Å². The molecule has 0 aliphatic heterocycles. The highest BCUT2D eigenvalue weighted by molar-refractivity contribution is 5.60. The fourth-order valence-electron chi connectivity index (χ4n) is 1.11. The minimum atomic E-state index is 0.487. The second-order valence-corrected chi connectivity index (χ2v) is 2.73. The van der Waals surface area contributed by atoms with E-state index in [2.05, 4.69) is 10.1 Å². The third kappa shape index (κ3) is 0.744. The predicted octanol–water partition coefficient (Wildman–Crippen LogP) is -0.689. The van der Waals surface area contributed by atoms with E-state index in [0.717, 1.165) is 5.65 Å². The molecule has 2 N–H and O–H groups in total. The van der Waals surface area contributed by atoms with Crippen LogP contribution in [0.1, 0.15) is 0 Å². The largest absolute Gasteiger partial charge is 0.380 e. The molecule has 0 atom stereocenters. The van der Waals surface area contributed by atoms with Crippen molar-refractivity contribution in [2.45, 2.75) is 0 Å². The lowest BCUT2D eigenvalue weighted by molar-refractivity contribution is 0.661. The summed E-state index contributed by atoms with van der Waals surface area (Å²) in [6.07, 6.45) is 3.30. The van der Waals surface area contributed by atoms with E-state index in [-0.39, 0.29) is 0 Å². The SMILES string of the molecule is CN(C)n1ncn2cnc(N)c12. The fraction of sp³-hybridized carbons (Fsp3) is 0.333. The van der Waals surface area contributed by atoms with E-state index in [9.17, 15) is 0 Å². The van der Waals surface area contributed by atoms with Gasteiger partial charge in [0.05, 0.1) is 0 Å². The van der Waals surface area contributed by atoms with Crippen LogP contribution in [0.4, 0.5) is 5.82 Å². The van der Waals surface area contributed by atoms with E-state index in [1.807, 2.05) is 19.1 Å². The highest BCUT2D eigenvalue weighted by Crippen LogP contribution is 2.09. The van der Waals surface area contributed by atoms with Crippen LogP contribution in [0.15, 0.2) is 12.7 Å². The average molecular weight is 166 g/mol. The van der Waals surface area contributed by atoms with Gasteiger partial charge in [-0.2, -0.15) is 4.79 Å². The van der Waals surface area contributed by atoms with Crippen molar-refractivity contribution in [1.29, 1.82) is 0 Å². The molecular weight excluding hydrogens is 156 g/mol. The van der Waals surface area contributed by atoms with Crippen molar-refractivity contribution < 1.29 is 0 Å². The Morgan fingerprint density at radius 1 is 1.42 bits per heavy atom. The van der Waals surface area contributed by atoms with Crippen LogP contribution in [0.5, 0.6) is 0 Å². The summed E-state index contributed by atoms with van der Waals surface area (Å²) in [5.74, 6) is 0.487. The van der Waals surface area contributed by atoms with Gasteiger partial charge in [0.1, 0.15) is 12.7 Å². The Hall–Kier alpha value is -1.72. The smallest absolute Gasteiger partial charge is 0.201 e. The lowest BCUT2D eigenvalue weighted by Crippen LogP contribution is -2.26. The fourth-order valence-corrected chi connectivity index (χ4v) is 1.11. The quantitative estimate of drug-likeness (QED) is 0.609. The van der Waals surface area contributed by atoms with Crippen LogP contribution in [0.2, 0.25) is 0 Å². The molecule has 0 amide bonds. The Balaban J connectivity index is 2.75. The van der Waals surface area contributed by atoms with Crippen LogP contribution in [-0.4, -0.2) is 33.4 Å². The number of nitrogens with zero attached hydrogens (tertiary/aromatic N) is 5. The van der Waals surface area contributed by atoms with Crippen molar-refractivity contribution in [2.75, 3.05) is 24.8 Å². The van der Waals surface area contributed by atoms with Crippen LogP contribution < -0.4 is 10.7 Å². The number of nitrogens with two attached hydrogens (primary N) is 1. The maximum Gasteiger partial charge on any atom is 0.201 e. The van der Waals surface area contributed by atoms with Gasteiger partial charge in [0.2, 0.25) is 5.65 Å². The lowest BCUT2D eigenvalue weighted by Gasteiger charge is -2.11. The van der Waals surface area contributed by atoms with Crippen LogP contribution in [0.3, 0.4) is 0 Å². The van der Waals surface area contributed by atoms with E-state index in [1.54, 1.807) is 21.8 Å². The minimum absolute atomic E-state index is 0.487. The van der Waals surface area contributed by atoms with E-state index < -0.39 is 0 Å². The van der Waals surface area contributed by atoms with Gasteiger partial charge in [-0.15, -0.1) is 5.10 Å². The average Bonchev–Trinajstić information content (AvgIpc) is 2.53. The molecule has 0 aromatic carbocycles. The summed E-state index contributed by atoms with van der Waals surface area (Å²) < 4.78 is 1.77. The third-order valence-electron chi connectivity index (χ3n) is 1.65. The van der Waals surface area contributed by atoms with Gasteiger partial charge in [-0.25, -0.2) is 4.98 Å². The third-order valence-corrected chi connectivity index (χ3v) is 1.65. The number of fused-ring (bicyclic) bond motifs is 1. The lowest BCUT2D eigenvalue weighted by atomic mass is 10.7. The molecule has 64 valence electrons. The van der Waals surface area contributed by atoms with Gasteiger partial charge in [-0.05, 0) is 0 Å². The number of nitrogen functional groups attached to an aromatic ring is 1. The summed E-state index contributed by atoms with van der Waals surface area (Å²) in [5, 5.41) is 5.93. The van der Waals surface area contributed by atoms with Crippen molar-refractivity contribution in [2.24, 2.45) is 0 Å². The molecule has 0 aliphatic rings. The summed E-state index contributed by atoms with van der Waals surface area (Å²) in [6.45, 7) is 0. The van der Waals surface area contributed by atoms with Gasteiger partial charge in [0.15, 0.2) is 5.82 Å². The Labute approximate surface area is 69.2 Å². The minimum Gasteiger partial charge on any atom is -0.380 e. The summed E-state index contributed by atoms with van der Waals surface area (Å²) in [5.41, 5.74) is 6.43.